The number of fused-ring (bicyclic) bond motifs is 11. The summed E-state index contributed by atoms with van der Waals surface area (Å²) in [4.78, 5) is 2.37. The minimum absolute atomic E-state index is 0.858. The van der Waals surface area contributed by atoms with Crippen molar-refractivity contribution in [3.63, 3.8) is 0 Å². The molecule has 0 bridgehead atoms. The molecule has 0 saturated heterocycles. The van der Waals surface area contributed by atoms with E-state index in [-0.39, 0.29) is 0 Å². The Labute approximate surface area is 286 Å². The molecule has 0 N–H and O–H groups in total. The van der Waals surface area contributed by atoms with Gasteiger partial charge in [0.25, 0.3) is 0 Å². The third kappa shape index (κ3) is 3.87. The number of anilines is 3. The van der Waals surface area contributed by atoms with Crippen molar-refractivity contribution >= 4 is 93.5 Å². The monoisotopic (exact) mass is 640 g/mol. The van der Waals surface area contributed by atoms with Gasteiger partial charge in [0.2, 0.25) is 0 Å². The second-order valence-corrected chi connectivity index (χ2v) is 12.9. The first-order valence-corrected chi connectivity index (χ1v) is 16.9. The predicted molar refractivity (Wildman–Crippen MR) is 208 cm³/mol. The Bertz CT molecular complexity index is 3110. The summed E-state index contributed by atoms with van der Waals surface area (Å²) >= 11 is 0. The van der Waals surface area contributed by atoms with Crippen LogP contribution in [-0.4, -0.2) is 4.57 Å². The summed E-state index contributed by atoms with van der Waals surface area (Å²) in [6, 6.07) is 60.1. The molecule has 0 fully saturated rings. The van der Waals surface area contributed by atoms with Gasteiger partial charge in [0.1, 0.15) is 22.3 Å². The third-order valence-electron chi connectivity index (χ3n) is 10.2. The summed E-state index contributed by atoms with van der Waals surface area (Å²) in [5, 5.41) is 9.05. The van der Waals surface area contributed by atoms with Gasteiger partial charge in [-0.15, -0.1) is 0 Å². The van der Waals surface area contributed by atoms with E-state index >= 15 is 0 Å². The maximum absolute atomic E-state index is 6.54. The van der Waals surface area contributed by atoms with E-state index in [4.69, 9.17) is 8.83 Å². The smallest absolute Gasteiger partial charge is 0.143 e. The van der Waals surface area contributed by atoms with Crippen LogP contribution in [0.5, 0.6) is 0 Å². The van der Waals surface area contributed by atoms with E-state index in [1.807, 2.05) is 12.1 Å². The molecular weight excluding hydrogens is 613 g/mol. The first kappa shape index (κ1) is 27.2. The Morgan fingerprint density at radius 1 is 0.400 bits per heavy atom. The van der Waals surface area contributed by atoms with Gasteiger partial charge in [-0.05, 0) is 84.2 Å². The lowest BCUT2D eigenvalue weighted by Crippen LogP contribution is -2.10. The molecule has 8 aromatic carbocycles. The second-order valence-electron chi connectivity index (χ2n) is 12.9. The molecule has 50 heavy (non-hydrogen) atoms. The first-order valence-electron chi connectivity index (χ1n) is 16.9. The lowest BCUT2D eigenvalue weighted by Gasteiger charge is -2.26. The van der Waals surface area contributed by atoms with E-state index in [2.05, 4.69) is 167 Å². The highest BCUT2D eigenvalue weighted by molar-refractivity contribution is 6.17. The molecule has 234 valence electrons. The van der Waals surface area contributed by atoms with Crippen molar-refractivity contribution in [2.24, 2.45) is 0 Å². The number of furan rings is 2. The molecule has 0 unspecified atom stereocenters. The Morgan fingerprint density at radius 2 is 1.08 bits per heavy atom. The van der Waals surface area contributed by atoms with Crippen LogP contribution in [-0.2, 0) is 0 Å². The Hall–Kier alpha value is -6.78. The minimum Gasteiger partial charge on any atom is -0.456 e. The van der Waals surface area contributed by atoms with E-state index in [9.17, 15) is 0 Å². The van der Waals surface area contributed by atoms with Gasteiger partial charge in [0, 0.05) is 49.4 Å². The van der Waals surface area contributed by atoms with Crippen molar-refractivity contribution in [1.82, 2.24) is 4.57 Å². The van der Waals surface area contributed by atoms with Crippen LogP contribution >= 0.6 is 0 Å². The van der Waals surface area contributed by atoms with Gasteiger partial charge >= 0.3 is 0 Å². The fraction of sp³-hybridized carbons (Fsp3) is 0. The van der Waals surface area contributed by atoms with Crippen molar-refractivity contribution in [3.05, 3.63) is 170 Å². The summed E-state index contributed by atoms with van der Waals surface area (Å²) in [6.07, 6.45) is 0. The van der Waals surface area contributed by atoms with E-state index in [0.29, 0.717) is 0 Å². The van der Waals surface area contributed by atoms with Gasteiger partial charge in [-0.2, -0.15) is 0 Å². The van der Waals surface area contributed by atoms with E-state index in [1.165, 1.54) is 21.7 Å². The predicted octanol–water partition coefficient (Wildman–Crippen LogP) is 13.2. The van der Waals surface area contributed by atoms with Crippen molar-refractivity contribution < 1.29 is 8.83 Å². The second kappa shape index (κ2) is 10.4. The number of aromatic nitrogens is 1. The summed E-state index contributed by atoms with van der Waals surface area (Å²) in [6.45, 7) is 0. The molecular formula is C46H28N2O2. The molecule has 3 aromatic heterocycles. The van der Waals surface area contributed by atoms with Crippen LogP contribution in [0, 0.1) is 0 Å². The first-order chi connectivity index (χ1) is 24.8. The van der Waals surface area contributed by atoms with E-state index in [1.54, 1.807) is 0 Å². The molecule has 11 aromatic rings. The van der Waals surface area contributed by atoms with Crippen molar-refractivity contribution in [1.29, 1.82) is 0 Å². The van der Waals surface area contributed by atoms with Gasteiger partial charge in [-0.3, -0.25) is 0 Å². The van der Waals surface area contributed by atoms with Crippen LogP contribution in [0.3, 0.4) is 0 Å². The maximum atomic E-state index is 6.54. The van der Waals surface area contributed by atoms with Crippen LogP contribution in [0.2, 0.25) is 0 Å². The van der Waals surface area contributed by atoms with Gasteiger partial charge in [0.15, 0.2) is 0 Å². The van der Waals surface area contributed by atoms with Gasteiger partial charge < -0.3 is 18.3 Å². The molecule has 4 heteroatoms. The fourth-order valence-corrected chi connectivity index (χ4v) is 7.96. The molecule has 0 amide bonds. The summed E-state index contributed by atoms with van der Waals surface area (Å²) < 4.78 is 15.3. The normalized spacial score (nSPS) is 12.0. The number of hydrogen-bond donors (Lipinski definition) is 0. The van der Waals surface area contributed by atoms with Crippen LogP contribution < -0.4 is 4.90 Å². The lowest BCUT2D eigenvalue weighted by molar-refractivity contribution is 0.669. The molecule has 0 atom stereocenters. The molecule has 3 heterocycles. The highest BCUT2D eigenvalue weighted by Crippen LogP contribution is 2.46. The van der Waals surface area contributed by atoms with E-state index < -0.39 is 0 Å². The van der Waals surface area contributed by atoms with E-state index in [0.717, 1.165) is 77.5 Å². The molecule has 11 rings (SSSR count). The largest absolute Gasteiger partial charge is 0.456 e. The SMILES string of the molecule is c1ccc(-n2c3ccccc3c3cc(N(c4ccc5oc6c7ccccc7ccc6c5c4)c4cccc5oc6ccccc6c45)ccc32)cc1. The van der Waals surface area contributed by atoms with Crippen LogP contribution in [0.1, 0.15) is 0 Å². The fourth-order valence-electron chi connectivity index (χ4n) is 7.96. The molecule has 0 aliphatic heterocycles. The highest BCUT2D eigenvalue weighted by atomic mass is 16.3. The standard InChI is InChI=1S/C46H28N2O2/c1-2-12-30(13-3-1)48-39-17-8-6-15-34(39)37-27-31(22-25-40(37)48)47(41-18-10-20-44-45(41)36-16-7-9-19-42(36)49-44)32-23-26-43-38(28-32)35-24-21-29-11-4-5-14-33(29)46(35)50-43/h1-28H. The summed E-state index contributed by atoms with van der Waals surface area (Å²) in [5.41, 5.74) is 10.2. The molecule has 0 saturated carbocycles. The number of rotatable bonds is 4. The zero-order valence-electron chi connectivity index (χ0n) is 26.9. The van der Waals surface area contributed by atoms with Crippen molar-refractivity contribution in [2.75, 3.05) is 4.90 Å². The zero-order chi connectivity index (χ0) is 32.8. The van der Waals surface area contributed by atoms with Gasteiger partial charge in [-0.1, -0.05) is 91.0 Å². The minimum atomic E-state index is 0.858. The lowest BCUT2D eigenvalue weighted by atomic mass is 10.0. The Balaban J connectivity index is 1.21. The Morgan fingerprint density at radius 3 is 1.98 bits per heavy atom. The molecule has 0 spiro atoms. The summed E-state index contributed by atoms with van der Waals surface area (Å²) in [7, 11) is 0. The zero-order valence-corrected chi connectivity index (χ0v) is 26.9. The van der Waals surface area contributed by atoms with Crippen LogP contribution in [0.4, 0.5) is 17.1 Å². The Kier molecular flexibility index (Phi) is 5.63. The van der Waals surface area contributed by atoms with Crippen LogP contribution in [0.15, 0.2) is 179 Å². The highest BCUT2D eigenvalue weighted by Gasteiger charge is 2.22. The quantitative estimate of drug-likeness (QED) is 0.192. The summed E-state index contributed by atoms with van der Waals surface area (Å²) in [5.74, 6) is 0. The number of para-hydroxylation sites is 3. The number of benzene rings is 8. The molecule has 0 radical (unpaired) electrons. The number of nitrogens with zero attached hydrogens (tertiary/aromatic N) is 2. The molecule has 0 aliphatic rings. The average Bonchev–Trinajstić information content (AvgIpc) is 3.85. The topological polar surface area (TPSA) is 34.5 Å². The maximum Gasteiger partial charge on any atom is 0.143 e. The number of hydrogen-bond acceptors (Lipinski definition) is 3. The van der Waals surface area contributed by atoms with Crippen molar-refractivity contribution in [2.45, 2.75) is 0 Å². The van der Waals surface area contributed by atoms with Crippen molar-refractivity contribution in [3.8, 4) is 5.69 Å². The molecule has 4 nitrogen and oxygen atoms in total. The average molecular weight is 641 g/mol. The van der Waals surface area contributed by atoms with Gasteiger partial charge in [-0.25, -0.2) is 0 Å². The third-order valence-corrected chi connectivity index (χ3v) is 10.2. The molecule has 0 aliphatic carbocycles. The van der Waals surface area contributed by atoms with Crippen LogP contribution in [0.25, 0.3) is 82.1 Å². The van der Waals surface area contributed by atoms with Gasteiger partial charge in [0.05, 0.1) is 22.1 Å².